The summed E-state index contributed by atoms with van der Waals surface area (Å²) in [6, 6.07) is 6.23. The Morgan fingerprint density at radius 3 is 2.24 bits per heavy atom. The molecule has 6 rings (SSSR count). The molecule has 2 N–H and O–H groups in total. The van der Waals surface area contributed by atoms with E-state index in [0.29, 0.717) is 19.4 Å². The monoisotopic (exact) mass is 466 g/mol. The van der Waals surface area contributed by atoms with E-state index in [4.69, 9.17) is 0 Å². The number of carbonyl (C=O) groups is 2. The lowest BCUT2D eigenvalue weighted by Gasteiger charge is -2.55. The van der Waals surface area contributed by atoms with E-state index in [9.17, 15) is 9.59 Å². The molecular formula is C28H42N4O2. The van der Waals surface area contributed by atoms with Gasteiger partial charge in [0.15, 0.2) is 0 Å². The summed E-state index contributed by atoms with van der Waals surface area (Å²) in [5, 5.41) is 6.24. The molecule has 0 unspecified atom stereocenters. The first-order valence-corrected chi connectivity index (χ1v) is 13.6. The predicted molar refractivity (Wildman–Crippen MR) is 137 cm³/mol. The van der Waals surface area contributed by atoms with Crippen molar-refractivity contribution in [2.75, 3.05) is 49.5 Å². The topological polar surface area (TPSA) is 64.7 Å². The highest BCUT2D eigenvalue weighted by Crippen LogP contribution is 2.60. The lowest BCUT2D eigenvalue weighted by molar-refractivity contribution is -0.146. The molecule has 1 saturated heterocycles. The van der Waals surface area contributed by atoms with Crippen molar-refractivity contribution >= 4 is 23.2 Å². The third-order valence-electron chi connectivity index (χ3n) is 9.03. The van der Waals surface area contributed by atoms with Crippen LogP contribution < -0.4 is 15.5 Å². The molecule has 0 spiro atoms. The first-order chi connectivity index (χ1) is 16.4. The second-order valence-corrected chi connectivity index (χ2v) is 11.5. The third kappa shape index (κ3) is 4.98. The Morgan fingerprint density at radius 2 is 1.65 bits per heavy atom. The fraction of sp³-hybridized carbons (Fsp3) is 0.714. The molecule has 4 saturated carbocycles. The number of carbonyl (C=O) groups excluding carboxylic acids is 2. The van der Waals surface area contributed by atoms with Gasteiger partial charge < -0.3 is 20.4 Å². The van der Waals surface area contributed by atoms with Crippen LogP contribution in [0, 0.1) is 30.1 Å². The van der Waals surface area contributed by atoms with E-state index >= 15 is 0 Å². The highest BCUT2D eigenvalue weighted by atomic mass is 16.2. The number of likely N-dealkylation sites (N-methyl/N-ethyl adjacent to an activating group) is 1. The van der Waals surface area contributed by atoms with Crippen LogP contribution in [0.5, 0.6) is 0 Å². The van der Waals surface area contributed by atoms with Crippen LogP contribution >= 0.6 is 0 Å². The Hall–Kier alpha value is -2.08. The van der Waals surface area contributed by atoms with Crippen LogP contribution in [0.15, 0.2) is 18.2 Å². The van der Waals surface area contributed by atoms with Gasteiger partial charge in [-0.3, -0.25) is 9.59 Å². The summed E-state index contributed by atoms with van der Waals surface area (Å²) >= 11 is 0. The zero-order valence-corrected chi connectivity index (χ0v) is 21.1. The molecule has 5 aliphatic rings. The van der Waals surface area contributed by atoms with E-state index in [1.807, 2.05) is 6.07 Å². The van der Waals surface area contributed by atoms with Gasteiger partial charge in [-0.1, -0.05) is 6.92 Å². The van der Waals surface area contributed by atoms with Crippen LogP contribution in [0.2, 0.25) is 0 Å². The number of aryl methyl sites for hydroxylation is 1. The summed E-state index contributed by atoms with van der Waals surface area (Å²) in [7, 11) is 0. The normalized spacial score (nSPS) is 30.4. The first kappa shape index (κ1) is 23.7. The van der Waals surface area contributed by atoms with Gasteiger partial charge in [0.05, 0.1) is 0 Å². The van der Waals surface area contributed by atoms with E-state index in [-0.39, 0.29) is 17.2 Å². The Morgan fingerprint density at radius 1 is 1.00 bits per heavy atom. The molecule has 1 aromatic carbocycles. The van der Waals surface area contributed by atoms with Crippen molar-refractivity contribution in [1.82, 2.24) is 10.2 Å². The zero-order chi connectivity index (χ0) is 23.7. The van der Waals surface area contributed by atoms with E-state index in [2.05, 4.69) is 46.4 Å². The second kappa shape index (κ2) is 9.88. The van der Waals surface area contributed by atoms with Crippen LogP contribution in [0.3, 0.4) is 0 Å². The Labute approximate surface area is 204 Å². The van der Waals surface area contributed by atoms with Gasteiger partial charge in [0, 0.05) is 55.9 Å². The molecule has 4 aliphatic carbocycles. The molecular weight excluding hydrogens is 424 g/mol. The molecule has 6 nitrogen and oxygen atoms in total. The van der Waals surface area contributed by atoms with Crippen molar-refractivity contribution in [3.8, 4) is 0 Å². The van der Waals surface area contributed by atoms with Crippen molar-refractivity contribution in [1.29, 1.82) is 0 Å². The minimum atomic E-state index is -0.0978. The second-order valence-electron chi connectivity index (χ2n) is 11.5. The molecule has 4 bridgehead atoms. The molecule has 5 fully saturated rings. The van der Waals surface area contributed by atoms with Crippen LogP contribution in [0.4, 0.5) is 11.4 Å². The van der Waals surface area contributed by atoms with Crippen LogP contribution in [0.1, 0.15) is 63.9 Å². The number of nitrogens with zero attached hydrogens (tertiary/aromatic N) is 2. The minimum Gasteiger partial charge on any atom is -0.369 e. The maximum absolute atomic E-state index is 13.0. The van der Waals surface area contributed by atoms with Gasteiger partial charge >= 0.3 is 0 Å². The minimum absolute atomic E-state index is 0.0211. The fourth-order valence-corrected chi connectivity index (χ4v) is 7.64. The van der Waals surface area contributed by atoms with Crippen molar-refractivity contribution < 1.29 is 9.59 Å². The van der Waals surface area contributed by atoms with Crippen LogP contribution in [0.25, 0.3) is 0 Å². The number of nitrogens with one attached hydrogen (secondary N) is 2. The molecule has 1 aliphatic heterocycles. The van der Waals surface area contributed by atoms with Crippen LogP contribution in [-0.2, 0) is 9.59 Å². The first-order valence-electron chi connectivity index (χ1n) is 13.6. The largest absolute Gasteiger partial charge is 0.369 e. The lowest BCUT2D eigenvalue weighted by atomic mass is 9.49. The summed E-state index contributed by atoms with van der Waals surface area (Å²) in [6.07, 6.45) is 8.44. The summed E-state index contributed by atoms with van der Waals surface area (Å²) in [4.78, 5) is 30.5. The lowest BCUT2D eigenvalue weighted by Crippen LogP contribution is -2.53. The van der Waals surface area contributed by atoms with Crippen molar-refractivity contribution in [2.24, 2.45) is 23.2 Å². The summed E-state index contributed by atoms with van der Waals surface area (Å²) in [5.74, 6) is 2.61. The van der Waals surface area contributed by atoms with E-state index in [0.717, 1.165) is 75.4 Å². The molecule has 186 valence electrons. The quantitative estimate of drug-likeness (QED) is 0.564. The van der Waals surface area contributed by atoms with Gasteiger partial charge in [0.1, 0.15) is 0 Å². The van der Waals surface area contributed by atoms with Gasteiger partial charge in [-0.25, -0.2) is 0 Å². The summed E-state index contributed by atoms with van der Waals surface area (Å²) in [6.45, 7) is 10.4. The number of anilines is 2. The Kier molecular flexibility index (Phi) is 6.88. The van der Waals surface area contributed by atoms with Crippen molar-refractivity contribution in [3.63, 3.8) is 0 Å². The number of amides is 2. The van der Waals surface area contributed by atoms with Gasteiger partial charge in [-0.2, -0.15) is 0 Å². The van der Waals surface area contributed by atoms with Gasteiger partial charge in [-0.05, 0) is 99.9 Å². The van der Waals surface area contributed by atoms with E-state index in [1.54, 1.807) is 0 Å². The number of benzene rings is 1. The van der Waals surface area contributed by atoms with Crippen LogP contribution in [-0.4, -0.2) is 56.0 Å². The standard InChI is InChI=1S/C28H42N4O2/c1-3-31-9-11-32(12-10-31)25-7-6-24(13-20(25)2)30-26(33)5-4-8-29-27(34)28-17-21-14-22(18-28)16-23(15-21)19-28/h6-7,13,21-23H,3-5,8-12,14-19H2,1-2H3,(H,29,34)(H,30,33). The molecule has 6 heteroatoms. The van der Waals surface area contributed by atoms with Gasteiger partial charge in [0.25, 0.3) is 0 Å². The van der Waals surface area contributed by atoms with Gasteiger partial charge in [-0.15, -0.1) is 0 Å². The Balaban J connectivity index is 1.05. The highest BCUT2D eigenvalue weighted by Gasteiger charge is 2.54. The van der Waals surface area contributed by atoms with Crippen molar-refractivity contribution in [2.45, 2.75) is 65.2 Å². The average Bonchev–Trinajstić information content (AvgIpc) is 2.81. The summed E-state index contributed by atoms with van der Waals surface area (Å²) < 4.78 is 0. The number of hydrogen-bond acceptors (Lipinski definition) is 4. The number of piperazine rings is 1. The van der Waals surface area contributed by atoms with E-state index in [1.165, 1.54) is 30.5 Å². The predicted octanol–water partition coefficient (Wildman–Crippen LogP) is 4.19. The smallest absolute Gasteiger partial charge is 0.226 e. The zero-order valence-electron chi connectivity index (χ0n) is 21.1. The Bertz CT molecular complexity index is 870. The SMILES string of the molecule is CCN1CCN(c2ccc(NC(=O)CCCNC(=O)C34CC5CC(CC(C5)C3)C4)cc2C)CC1. The molecule has 1 aromatic rings. The maximum Gasteiger partial charge on any atom is 0.226 e. The molecule has 34 heavy (non-hydrogen) atoms. The third-order valence-corrected chi connectivity index (χ3v) is 9.03. The molecule has 0 aromatic heterocycles. The average molecular weight is 467 g/mol. The maximum atomic E-state index is 13.0. The highest BCUT2D eigenvalue weighted by molar-refractivity contribution is 5.91. The fourth-order valence-electron chi connectivity index (χ4n) is 7.64. The molecule has 2 amide bonds. The van der Waals surface area contributed by atoms with Crippen molar-refractivity contribution in [3.05, 3.63) is 23.8 Å². The summed E-state index contributed by atoms with van der Waals surface area (Å²) in [5.41, 5.74) is 3.22. The molecule has 0 radical (unpaired) electrons. The number of rotatable bonds is 8. The molecule has 1 heterocycles. The molecule has 0 atom stereocenters. The van der Waals surface area contributed by atoms with Gasteiger partial charge in [0.2, 0.25) is 11.8 Å². The van der Waals surface area contributed by atoms with E-state index < -0.39 is 0 Å². The number of hydrogen-bond donors (Lipinski definition) is 2.